The van der Waals surface area contributed by atoms with Crippen molar-refractivity contribution >= 4 is 21.8 Å². The molecule has 0 saturated heterocycles. The predicted octanol–water partition coefficient (Wildman–Crippen LogP) is 2.51. The Kier molecular flexibility index (Phi) is 4.38. The molecule has 1 N–H and O–H groups in total. The average molecular weight is 266 g/mol. The molecule has 0 unspecified atom stereocenters. The van der Waals surface area contributed by atoms with Gasteiger partial charge in [0.2, 0.25) is 0 Å². The number of amides is 1. The van der Waals surface area contributed by atoms with E-state index in [9.17, 15) is 4.79 Å². The maximum atomic E-state index is 11.7. The highest BCUT2D eigenvalue weighted by Crippen LogP contribution is 2.17. The molecule has 0 atom stereocenters. The van der Waals surface area contributed by atoms with Crippen LogP contribution >= 0.6 is 15.9 Å². The topological polar surface area (TPSA) is 29.1 Å². The highest BCUT2D eigenvalue weighted by Gasteiger charge is 2.08. The van der Waals surface area contributed by atoms with Gasteiger partial charge in [0.05, 0.1) is 5.56 Å². The zero-order chi connectivity index (χ0) is 11.3. The highest BCUT2D eigenvalue weighted by molar-refractivity contribution is 9.10. The molecule has 0 aliphatic carbocycles. The van der Waals surface area contributed by atoms with Crippen LogP contribution in [-0.2, 0) is 0 Å². The van der Waals surface area contributed by atoms with Gasteiger partial charge in [0.25, 0.3) is 5.91 Å². The van der Waals surface area contributed by atoms with Crippen LogP contribution in [0, 0.1) is 19.3 Å². The summed E-state index contributed by atoms with van der Waals surface area (Å²) < 4.78 is 0.798. The van der Waals surface area contributed by atoms with Gasteiger partial charge in [-0.3, -0.25) is 4.79 Å². The van der Waals surface area contributed by atoms with Gasteiger partial charge in [0.15, 0.2) is 0 Å². The second kappa shape index (κ2) is 5.57. The summed E-state index contributed by atoms with van der Waals surface area (Å²) in [6, 6.07) is 5.66. The standard InChI is InChI=1S/C12H12BrNO/c1-3-4-7-14-12(15)10-8-9(2)5-6-11(10)13/h1,5-6,8H,4,7H2,2H3,(H,14,15). The molecule has 0 saturated carbocycles. The predicted molar refractivity (Wildman–Crippen MR) is 64.7 cm³/mol. The lowest BCUT2D eigenvalue weighted by Crippen LogP contribution is -2.24. The first-order valence-corrected chi connectivity index (χ1v) is 5.42. The zero-order valence-corrected chi connectivity index (χ0v) is 10.1. The van der Waals surface area contributed by atoms with E-state index in [0.717, 1.165) is 10.0 Å². The van der Waals surface area contributed by atoms with Crippen LogP contribution in [0.3, 0.4) is 0 Å². The van der Waals surface area contributed by atoms with Crippen molar-refractivity contribution in [2.24, 2.45) is 0 Å². The number of nitrogens with one attached hydrogen (secondary N) is 1. The average Bonchev–Trinajstić information content (AvgIpc) is 2.22. The third kappa shape index (κ3) is 3.41. The zero-order valence-electron chi connectivity index (χ0n) is 8.51. The van der Waals surface area contributed by atoms with Crippen LogP contribution in [0.2, 0.25) is 0 Å². The van der Waals surface area contributed by atoms with Crippen molar-refractivity contribution in [2.75, 3.05) is 6.54 Å². The molecule has 3 heteroatoms. The lowest BCUT2D eigenvalue weighted by atomic mass is 10.1. The Balaban J connectivity index is 2.73. The molecule has 0 radical (unpaired) electrons. The Morgan fingerprint density at radius 2 is 2.33 bits per heavy atom. The third-order valence-corrected chi connectivity index (χ3v) is 2.61. The van der Waals surface area contributed by atoms with E-state index in [0.29, 0.717) is 18.5 Å². The molecule has 0 fully saturated rings. The van der Waals surface area contributed by atoms with Gasteiger partial charge < -0.3 is 5.32 Å². The molecule has 78 valence electrons. The van der Waals surface area contributed by atoms with Gasteiger partial charge in [-0.15, -0.1) is 12.3 Å². The van der Waals surface area contributed by atoms with Gasteiger partial charge in [-0.1, -0.05) is 11.6 Å². The fourth-order valence-electron chi connectivity index (χ4n) is 1.16. The van der Waals surface area contributed by atoms with Crippen molar-refractivity contribution in [2.45, 2.75) is 13.3 Å². The quantitative estimate of drug-likeness (QED) is 0.661. The number of halogens is 1. The number of carbonyl (C=O) groups excluding carboxylic acids is 1. The van der Waals surface area contributed by atoms with Crippen molar-refractivity contribution in [1.82, 2.24) is 5.32 Å². The molecule has 1 aromatic rings. The molecule has 1 aromatic carbocycles. The minimum absolute atomic E-state index is 0.0965. The lowest BCUT2D eigenvalue weighted by Gasteiger charge is -2.06. The van der Waals surface area contributed by atoms with Crippen LogP contribution in [-0.4, -0.2) is 12.5 Å². The number of hydrogen-bond acceptors (Lipinski definition) is 1. The van der Waals surface area contributed by atoms with Crippen molar-refractivity contribution in [3.05, 3.63) is 33.8 Å². The van der Waals surface area contributed by atoms with E-state index in [-0.39, 0.29) is 5.91 Å². The van der Waals surface area contributed by atoms with Crippen LogP contribution < -0.4 is 5.32 Å². The third-order valence-electron chi connectivity index (χ3n) is 1.92. The van der Waals surface area contributed by atoms with Crippen LogP contribution in [0.15, 0.2) is 22.7 Å². The number of terminal acetylenes is 1. The Hall–Kier alpha value is -1.27. The summed E-state index contributed by atoms with van der Waals surface area (Å²) >= 11 is 3.34. The van der Waals surface area contributed by atoms with Crippen LogP contribution in [0.4, 0.5) is 0 Å². The fraction of sp³-hybridized carbons (Fsp3) is 0.250. The van der Waals surface area contributed by atoms with Crippen molar-refractivity contribution in [1.29, 1.82) is 0 Å². The molecular formula is C12H12BrNO. The van der Waals surface area contributed by atoms with Crippen LogP contribution in [0.25, 0.3) is 0 Å². The lowest BCUT2D eigenvalue weighted by molar-refractivity contribution is 0.0953. The Bertz CT molecular complexity index is 407. The van der Waals surface area contributed by atoms with Gasteiger partial charge in [-0.2, -0.15) is 0 Å². The molecule has 15 heavy (non-hydrogen) atoms. The minimum Gasteiger partial charge on any atom is -0.351 e. The van der Waals surface area contributed by atoms with Gasteiger partial charge in [0, 0.05) is 17.4 Å². The largest absolute Gasteiger partial charge is 0.351 e. The number of hydrogen-bond donors (Lipinski definition) is 1. The van der Waals surface area contributed by atoms with Gasteiger partial charge in [-0.25, -0.2) is 0 Å². The molecular weight excluding hydrogens is 254 g/mol. The summed E-state index contributed by atoms with van der Waals surface area (Å²) in [7, 11) is 0. The number of aryl methyl sites for hydroxylation is 1. The van der Waals surface area contributed by atoms with E-state index < -0.39 is 0 Å². The molecule has 0 aliphatic rings. The summed E-state index contributed by atoms with van der Waals surface area (Å²) in [6.07, 6.45) is 5.65. The molecule has 2 nitrogen and oxygen atoms in total. The minimum atomic E-state index is -0.0965. The van der Waals surface area contributed by atoms with E-state index in [1.54, 1.807) is 0 Å². The van der Waals surface area contributed by atoms with Crippen molar-refractivity contribution in [3.63, 3.8) is 0 Å². The van der Waals surface area contributed by atoms with E-state index in [1.807, 2.05) is 25.1 Å². The summed E-state index contributed by atoms with van der Waals surface area (Å²) in [5.41, 5.74) is 1.70. The van der Waals surface area contributed by atoms with E-state index in [1.165, 1.54) is 0 Å². The molecule has 1 amide bonds. The maximum Gasteiger partial charge on any atom is 0.252 e. The molecule has 0 aromatic heterocycles. The van der Waals surface area contributed by atoms with Gasteiger partial charge >= 0.3 is 0 Å². The summed E-state index contributed by atoms with van der Waals surface area (Å²) in [5, 5.41) is 2.76. The fourth-order valence-corrected chi connectivity index (χ4v) is 1.58. The molecule has 1 rings (SSSR count). The van der Waals surface area contributed by atoms with Gasteiger partial charge in [-0.05, 0) is 35.0 Å². The summed E-state index contributed by atoms with van der Waals surface area (Å²) in [6.45, 7) is 2.46. The first-order chi connectivity index (χ1) is 7.15. The van der Waals surface area contributed by atoms with E-state index in [4.69, 9.17) is 6.42 Å². The molecule has 0 spiro atoms. The van der Waals surface area contributed by atoms with Crippen molar-refractivity contribution in [3.8, 4) is 12.3 Å². The second-order valence-corrected chi connectivity index (χ2v) is 4.05. The Morgan fingerprint density at radius 1 is 1.60 bits per heavy atom. The smallest absolute Gasteiger partial charge is 0.252 e. The second-order valence-electron chi connectivity index (χ2n) is 3.19. The normalized spacial score (nSPS) is 9.40. The maximum absolute atomic E-state index is 11.7. The molecule has 0 aliphatic heterocycles. The first-order valence-electron chi connectivity index (χ1n) is 4.63. The van der Waals surface area contributed by atoms with Crippen molar-refractivity contribution < 1.29 is 4.79 Å². The number of carbonyl (C=O) groups is 1. The van der Waals surface area contributed by atoms with E-state index in [2.05, 4.69) is 27.2 Å². The molecule has 0 heterocycles. The van der Waals surface area contributed by atoms with Crippen LogP contribution in [0.5, 0.6) is 0 Å². The number of benzene rings is 1. The van der Waals surface area contributed by atoms with E-state index >= 15 is 0 Å². The summed E-state index contributed by atoms with van der Waals surface area (Å²) in [5.74, 6) is 2.38. The monoisotopic (exact) mass is 265 g/mol. The SMILES string of the molecule is C#CCCNC(=O)c1cc(C)ccc1Br. The highest BCUT2D eigenvalue weighted by atomic mass is 79.9. The Morgan fingerprint density at radius 3 is 3.00 bits per heavy atom. The van der Waals surface area contributed by atoms with Gasteiger partial charge in [0.1, 0.15) is 0 Å². The van der Waals surface area contributed by atoms with Crippen LogP contribution in [0.1, 0.15) is 22.3 Å². The first kappa shape index (κ1) is 11.8. The summed E-state index contributed by atoms with van der Waals surface area (Å²) in [4.78, 5) is 11.7. The Labute approximate surface area is 98.2 Å². The molecule has 0 bridgehead atoms. The number of rotatable bonds is 3.